The number of carbonyl (C=O) groups is 1. The Kier molecular flexibility index (Phi) is 3.38. The molecule has 1 unspecified atom stereocenters. The normalized spacial score (nSPS) is 26.9. The number of nitrogens with one attached hydrogen (secondary N) is 1. The molecule has 0 radical (unpaired) electrons. The summed E-state index contributed by atoms with van der Waals surface area (Å²) in [7, 11) is 0. The fraction of sp³-hybridized carbons (Fsp3) is 0.438. The second kappa shape index (κ2) is 5.17. The summed E-state index contributed by atoms with van der Waals surface area (Å²) in [6.07, 6.45) is 7.16. The molecule has 2 heterocycles. The standard InChI is InChI=1S/C16H20N2O/c19-15-16(10-6-11-17-16)9-4-5-12-18(15)13-14-7-2-1-3-8-14/h1-5,7-8,17H,6,9-13H2. The van der Waals surface area contributed by atoms with E-state index in [1.807, 2.05) is 23.1 Å². The molecule has 19 heavy (non-hydrogen) atoms. The van der Waals surface area contributed by atoms with Gasteiger partial charge in [-0.2, -0.15) is 0 Å². The lowest BCUT2D eigenvalue weighted by Gasteiger charge is -2.32. The van der Waals surface area contributed by atoms with E-state index in [1.54, 1.807) is 0 Å². The van der Waals surface area contributed by atoms with E-state index >= 15 is 0 Å². The Hall–Kier alpha value is -1.61. The monoisotopic (exact) mass is 256 g/mol. The number of rotatable bonds is 2. The van der Waals surface area contributed by atoms with Gasteiger partial charge in [-0.05, 0) is 31.4 Å². The number of nitrogens with zero attached hydrogens (tertiary/aromatic N) is 1. The SMILES string of the molecule is O=C1N(Cc2ccccc2)CC=CCC12CCCN2. The van der Waals surface area contributed by atoms with Crippen LogP contribution in [0.4, 0.5) is 0 Å². The number of hydrogen-bond donors (Lipinski definition) is 1. The highest BCUT2D eigenvalue weighted by Crippen LogP contribution is 2.28. The maximum atomic E-state index is 12.8. The van der Waals surface area contributed by atoms with Gasteiger partial charge >= 0.3 is 0 Å². The minimum atomic E-state index is -0.332. The second-order valence-electron chi connectivity index (χ2n) is 5.46. The van der Waals surface area contributed by atoms with Gasteiger partial charge in [0.25, 0.3) is 0 Å². The predicted octanol–water partition coefficient (Wildman–Crippen LogP) is 2.10. The van der Waals surface area contributed by atoms with Gasteiger partial charge in [0.15, 0.2) is 0 Å². The largest absolute Gasteiger partial charge is 0.333 e. The summed E-state index contributed by atoms with van der Waals surface area (Å²) in [5.74, 6) is 0.263. The summed E-state index contributed by atoms with van der Waals surface area (Å²) in [6, 6.07) is 10.2. The first kappa shape index (κ1) is 12.4. The molecule has 2 aliphatic heterocycles. The zero-order valence-electron chi connectivity index (χ0n) is 11.1. The van der Waals surface area contributed by atoms with E-state index in [0.29, 0.717) is 6.54 Å². The number of carbonyl (C=O) groups excluding carboxylic acids is 1. The van der Waals surface area contributed by atoms with Crippen LogP contribution in [0.5, 0.6) is 0 Å². The van der Waals surface area contributed by atoms with E-state index < -0.39 is 0 Å². The first-order chi connectivity index (χ1) is 9.30. The predicted molar refractivity (Wildman–Crippen MR) is 75.6 cm³/mol. The van der Waals surface area contributed by atoms with Crippen LogP contribution in [0.2, 0.25) is 0 Å². The molecule has 1 spiro atoms. The van der Waals surface area contributed by atoms with Crippen molar-refractivity contribution in [1.82, 2.24) is 10.2 Å². The molecule has 0 aliphatic carbocycles. The molecule has 2 aliphatic rings. The molecule has 1 saturated heterocycles. The molecule has 1 N–H and O–H groups in total. The van der Waals surface area contributed by atoms with Crippen molar-refractivity contribution in [3.8, 4) is 0 Å². The third-order valence-corrected chi connectivity index (χ3v) is 4.12. The zero-order chi connectivity index (χ0) is 13.1. The molecule has 3 nitrogen and oxygen atoms in total. The molecule has 0 aromatic heterocycles. The van der Waals surface area contributed by atoms with E-state index in [4.69, 9.17) is 0 Å². The highest BCUT2D eigenvalue weighted by atomic mass is 16.2. The van der Waals surface area contributed by atoms with Crippen LogP contribution in [0.25, 0.3) is 0 Å². The summed E-state index contributed by atoms with van der Waals surface area (Å²) >= 11 is 0. The molecule has 1 amide bonds. The maximum absolute atomic E-state index is 12.8. The van der Waals surface area contributed by atoms with Crippen LogP contribution in [0.3, 0.4) is 0 Å². The maximum Gasteiger partial charge on any atom is 0.243 e. The van der Waals surface area contributed by atoms with E-state index in [9.17, 15) is 4.79 Å². The van der Waals surface area contributed by atoms with Crippen molar-refractivity contribution in [2.75, 3.05) is 13.1 Å². The fourth-order valence-electron chi connectivity index (χ4n) is 3.06. The van der Waals surface area contributed by atoms with Crippen LogP contribution in [0.1, 0.15) is 24.8 Å². The van der Waals surface area contributed by atoms with Gasteiger partial charge in [-0.1, -0.05) is 42.5 Å². The highest BCUT2D eigenvalue weighted by Gasteiger charge is 2.43. The van der Waals surface area contributed by atoms with Gasteiger partial charge in [-0.25, -0.2) is 0 Å². The third-order valence-electron chi connectivity index (χ3n) is 4.12. The van der Waals surface area contributed by atoms with Crippen LogP contribution in [-0.2, 0) is 11.3 Å². The molecule has 0 saturated carbocycles. The van der Waals surface area contributed by atoms with Gasteiger partial charge in [0.05, 0.1) is 0 Å². The van der Waals surface area contributed by atoms with Gasteiger partial charge in [-0.15, -0.1) is 0 Å². The first-order valence-electron chi connectivity index (χ1n) is 7.03. The molecule has 100 valence electrons. The lowest BCUT2D eigenvalue weighted by molar-refractivity contribution is -0.137. The summed E-state index contributed by atoms with van der Waals surface area (Å²) in [5, 5.41) is 3.44. The molecular weight excluding hydrogens is 236 g/mol. The van der Waals surface area contributed by atoms with Crippen molar-refractivity contribution in [2.24, 2.45) is 0 Å². The van der Waals surface area contributed by atoms with E-state index in [0.717, 1.165) is 32.4 Å². The minimum absolute atomic E-state index is 0.263. The van der Waals surface area contributed by atoms with Gasteiger partial charge in [0.1, 0.15) is 5.54 Å². The van der Waals surface area contributed by atoms with Gasteiger partial charge in [-0.3, -0.25) is 4.79 Å². The number of benzene rings is 1. The average Bonchev–Trinajstić information content (AvgIpc) is 2.87. The fourth-order valence-corrected chi connectivity index (χ4v) is 3.06. The Morgan fingerprint density at radius 1 is 1.21 bits per heavy atom. The molecule has 1 fully saturated rings. The molecule has 1 aromatic rings. The molecule has 3 heteroatoms. The average molecular weight is 256 g/mol. The molecule has 1 aromatic carbocycles. The molecule has 1 atom stereocenters. The zero-order valence-corrected chi connectivity index (χ0v) is 11.1. The Balaban J connectivity index is 1.80. The highest BCUT2D eigenvalue weighted by molar-refractivity contribution is 5.87. The van der Waals surface area contributed by atoms with Crippen LogP contribution in [0.15, 0.2) is 42.5 Å². The van der Waals surface area contributed by atoms with E-state index in [2.05, 4.69) is 29.6 Å². The quantitative estimate of drug-likeness (QED) is 0.822. The Morgan fingerprint density at radius 2 is 2.05 bits per heavy atom. The Bertz CT molecular complexity index is 475. The van der Waals surface area contributed by atoms with Crippen molar-refractivity contribution in [3.63, 3.8) is 0 Å². The first-order valence-corrected chi connectivity index (χ1v) is 7.03. The summed E-state index contributed by atoms with van der Waals surface area (Å²) in [4.78, 5) is 14.8. The van der Waals surface area contributed by atoms with Gasteiger partial charge in [0.2, 0.25) is 5.91 Å². The molecule has 3 rings (SSSR count). The Morgan fingerprint density at radius 3 is 2.79 bits per heavy atom. The topological polar surface area (TPSA) is 32.3 Å². The van der Waals surface area contributed by atoms with Crippen molar-refractivity contribution in [2.45, 2.75) is 31.3 Å². The van der Waals surface area contributed by atoms with Crippen LogP contribution >= 0.6 is 0 Å². The van der Waals surface area contributed by atoms with Crippen LogP contribution in [-0.4, -0.2) is 29.4 Å². The smallest absolute Gasteiger partial charge is 0.243 e. The summed E-state index contributed by atoms with van der Waals surface area (Å²) in [5.41, 5.74) is 0.862. The third kappa shape index (κ3) is 2.43. The van der Waals surface area contributed by atoms with E-state index in [-0.39, 0.29) is 11.4 Å². The van der Waals surface area contributed by atoms with Crippen molar-refractivity contribution in [1.29, 1.82) is 0 Å². The van der Waals surface area contributed by atoms with E-state index in [1.165, 1.54) is 5.56 Å². The van der Waals surface area contributed by atoms with Crippen LogP contribution in [0, 0.1) is 0 Å². The molecular formula is C16H20N2O. The van der Waals surface area contributed by atoms with Crippen molar-refractivity contribution < 1.29 is 4.79 Å². The second-order valence-corrected chi connectivity index (χ2v) is 5.46. The van der Waals surface area contributed by atoms with Crippen molar-refractivity contribution >= 4 is 5.91 Å². The van der Waals surface area contributed by atoms with Gasteiger partial charge < -0.3 is 10.2 Å². The van der Waals surface area contributed by atoms with Crippen molar-refractivity contribution in [3.05, 3.63) is 48.0 Å². The minimum Gasteiger partial charge on any atom is -0.333 e. The molecule has 0 bridgehead atoms. The lowest BCUT2D eigenvalue weighted by Crippen LogP contribution is -2.53. The number of amides is 1. The lowest BCUT2D eigenvalue weighted by atomic mass is 9.92. The summed E-state index contributed by atoms with van der Waals surface area (Å²) in [6.45, 7) is 2.38. The van der Waals surface area contributed by atoms with Gasteiger partial charge in [0, 0.05) is 13.1 Å². The summed E-state index contributed by atoms with van der Waals surface area (Å²) < 4.78 is 0. The number of hydrogen-bond acceptors (Lipinski definition) is 2. The van der Waals surface area contributed by atoms with Crippen LogP contribution < -0.4 is 5.32 Å². The Labute approximate surface area is 114 Å².